The molecule has 0 aromatic heterocycles. The summed E-state index contributed by atoms with van der Waals surface area (Å²) in [5.74, 6) is 0.224. The van der Waals surface area contributed by atoms with Gasteiger partial charge in [-0.25, -0.2) is 0 Å². The van der Waals surface area contributed by atoms with Gasteiger partial charge in [0, 0.05) is 11.6 Å². The highest BCUT2D eigenvalue weighted by molar-refractivity contribution is 6.44. The molecule has 3 rings (SSSR count). The van der Waals surface area contributed by atoms with Crippen LogP contribution in [0.1, 0.15) is 43.2 Å². The molecule has 2 unspecified atom stereocenters. The van der Waals surface area contributed by atoms with Crippen molar-refractivity contribution in [2.45, 2.75) is 52.0 Å². The molecule has 1 fully saturated rings. The Bertz CT molecular complexity index is 579. The Morgan fingerprint density at radius 3 is 2.86 bits per heavy atom. The maximum absolute atomic E-state index is 12.5. The number of hydrogen-bond donors (Lipinski definition) is 2. The summed E-state index contributed by atoms with van der Waals surface area (Å²) in [6.45, 7) is 4.07. The zero-order chi connectivity index (χ0) is 14.8. The van der Waals surface area contributed by atoms with Gasteiger partial charge in [0.25, 0.3) is 5.91 Å². The van der Waals surface area contributed by atoms with E-state index in [2.05, 4.69) is 28.8 Å². The minimum Gasteiger partial charge on any atom is -0.321 e. The van der Waals surface area contributed by atoms with Gasteiger partial charge in [0.05, 0.1) is 6.04 Å². The number of carbonyl (C=O) groups is 1. The SMILES string of the molecule is Cc1ccc(NC(=O)C2=NNC3CCCCCC23)c(C)c1. The summed E-state index contributed by atoms with van der Waals surface area (Å²) in [5.41, 5.74) is 7.02. The maximum Gasteiger partial charge on any atom is 0.272 e. The van der Waals surface area contributed by atoms with Crippen LogP contribution in [0.25, 0.3) is 0 Å². The molecular weight excluding hydrogens is 262 g/mol. The second-order valence-corrected chi connectivity index (χ2v) is 6.25. The van der Waals surface area contributed by atoms with Crippen molar-refractivity contribution in [1.29, 1.82) is 0 Å². The van der Waals surface area contributed by atoms with E-state index < -0.39 is 0 Å². The standard InChI is InChI=1S/C17H23N3O/c1-11-8-9-14(12(2)10-11)18-17(21)16-13-6-4-3-5-7-15(13)19-20-16/h8-10,13,15,19H,3-7H2,1-2H3,(H,18,21). The molecule has 1 aromatic carbocycles. The van der Waals surface area contributed by atoms with Crippen molar-refractivity contribution >= 4 is 17.3 Å². The van der Waals surface area contributed by atoms with E-state index >= 15 is 0 Å². The molecule has 1 aromatic rings. The van der Waals surface area contributed by atoms with Gasteiger partial charge in [-0.05, 0) is 38.3 Å². The third-order valence-electron chi connectivity index (χ3n) is 4.58. The quantitative estimate of drug-likeness (QED) is 0.877. The molecule has 1 saturated carbocycles. The van der Waals surface area contributed by atoms with E-state index in [1.165, 1.54) is 24.8 Å². The second-order valence-electron chi connectivity index (χ2n) is 6.25. The first-order valence-electron chi connectivity index (χ1n) is 7.87. The molecule has 1 aliphatic heterocycles. The zero-order valence-corrected chi connectivity index (χ0v) is 12.8. The molecule has 112 valence electrons. The van der Waals surface area contributed by atoms with Gasteiger partial charge in [-0.15, -0.1) is 0 Å². The van der Waals surface area contributed by atoms with Crippen molar-refractivity contribution in [3.05, 3.63) is 29.3 Å². The van der Waals surface area contributed by atoms with Gasteiger partial charge < -0.3 is 10.7 Å². The monoisotopic (exact) mass is 285 g/mol. The third-order valence-corrected chi connectivity index (χ3v) is 4.58. The minimum atomic E-state index is -0.0520. The predicted octanol–water partition coefficient (Wildman–Crippen LogP) is 3.15. The van der Waals surface area contributed by atoms with Crippen molar-refractivity contribution in [3.8, 4) is 0 Å². The van der Waals surface area contributed by atoms with Crippen molar-refractivity contribution in [2.75, 3.05) is 5.32 Å². The summed E-state index contributed by atoms with van der Waals surface area (Å²) in [5, 5.41) is 7.34. The first-order valence-corrected chi connectivity index (χ1v) is 7.87. The third kappa shape index (κ3) is 2.94. The summed E-state index contributed by atoms with van der Waals surface area (Å²) in [7, 11) is 0. The second kappa shape index (κ2) is 5.88. The van der Waals surface area contributed by atoms with Crippen LogP contribution in [-0.2, 0) is 4.79 Å². The van der Waals surface area contributed by atoms with Crippen LogP contribution in [0.2, 0.25) is 0 Å². The summed E-state index contributed by atoms with van der Waals surface area (Å²) < 4.78 is 0. The predicted molar refractivity (Wildman–Crippen MR) is 85.5 cm³/mol. The van der Waals surface area contributed by atoms with E-state index in [1.54, 1.807) is 0 Å². The average Bonchev–Trinajstić information content (AvgIpc) is 2.71. The van der Waals surface area contributed by atoms with E-state index in [4.69, 9.17) is 0 Å². The van der Waals surface area contributed by atoms with E-state index in [0.717, 1.165) is 24.1 Å². The van der Waals surface area contributed by atoms with Crippen LogP contribution >= 0.6 is 0 Å². The number of anilines is 1. The van der Waals surface area contributed by atoms with E-state index in [0.29, 0.717) is 11.8 Å². The number of carbonyl (C=O) groups excluding carboxylic acids is 1. The number of nitrogens with zero attached hydrogens (tertiary/aromatic N) is 1. The average molecular weight is 285 g/mol. The first-order chi connectivity index (χ1) is 10.1. The minimum absolute atomic E-state index is 0.0520. The number of nitrogens with one attached hydrogen (secondary N) is 2. The molecule has 1 heterocycles. The summed E-state index contributed by atoms with van der Waals surface area (Å²) in [6.07, 6.45) is 5.88. The lowest BCUT2D eigenvalue weighted by molar-refractivity contribution is -0.110. The number of benzene rings is 1. The molecule has 21 heavy (non-hydrogen) atoms. The summed E-state index contributed by atoms with van der Waals surface area (Å²) in [4.78, 5) is 12.5. The highest BCUT2D eigenvalue weighted by Gasteiger charge is 2.36. The number of aryl methyl sites for hydroxylation is 2. The van der Waals surface area contributed by atoms with Crippen LogP contribution in [0, 0.1) is 19.8 Å². The van der Waals surface area contributed by atoms with Crippen LogP contribution in [0.5, 0.6) is 0 Å². The highest BCUT2D eigenvalue weighted by Crippen LogP contribution is 2.28. The molecule has 2 N–H and O–H groups in total. The van der Waals surface area contributed by atoms with Gasteiger partial charge in [0.2, 0.25) is 0 Å². The molecule has 0 radical (unpaired) electrons. The Labute approximate surface area is 126 Å². The lowest BCUT2D eigenvalue weighted by Gasteiger charge is -2.17. The number of hydrazone groups is 1. The molecule has 2 atom stereocenters. The summed E-state index contributed by atoms with van der Waals surface area (Å²) in [6, 6.07) is 6.42. The molecule has 0 bridgehead atoms. The van der Waals surface area contributed by atoms with Crippen LogP contribution < -0.4 is 10.7 Å². The van der Waals surface area contributed by atoms with Crippen LogP contribution in [0.4, 0.5) is 5.69 Å². The maximum atomic E-state index is 12.5. The Hall–Kier alpha value is -1.84. The number of amides is 1. The van der Waals surface area contributed by atoms with Gasteiger partial charge in [0.1, 0.15) is 5.71 Å². The van der Waals surface area contributed by atoms with Gasteiger partial charge >= 0.3 is 0 Å². The molecule has 4 nitrogen and oxygen atoms in total. The number of fused-ring (bicyclic) bond motifs is 1. The van der Waals surface area contributed by atoms with Crippen LogP contribution in [0.15, 0.2) is 23.3 Å². The molecule has 4 heteroatoms. The van der Waals surface area contributed by atoms with Gasteiger partial charge in [0.15, 0.2) is 0 Å². The van der Waals surface area contributed by atoms with Gasteiger partial charge in [-0.1, -0.05) is 37.0 Å². The molecule has 2 aliphatic rings. The molecule has 0 saturated heterocycles. The van der Waals surface area contributed by atoms with Crippen LogP contribution in [0.3, 0.4) is 0 Å². The molecule has 0 spiro atoms. The van der Waals surface area contributed by atoms with Crippen molar-refractivity contribution in [1.82, 2.24) is 5.43 Å². The van der Waals surface area contributed by atoms with Crippen molar-refractivity contribution < 1.29 is 4.79 Å². The lowest BCUT2D eigenvalue weighted by Crippen LogP contribution is -2.33. The summed E-state index contributed by atoms with van der Waals surface area (Å²) >= 11 is 0. The van der Waals surface area contributed by atoms with Gasteiger partial charge in [-0.2, -0.15) is 5.10 Å². The number of rotatable bonds is 2. The van der Waals surface area contributed by atoms with E-state index in [1.807, 2.05) is 19.1 Å². The smallest absolute Gasteiger partial charge is 0.272 e. The Kier molecular flexibility index (Phi) is 3.95. The lowest BCUT2D eigenvalue weighted by atomic mass is 9.91. The Morgan fingerprint density at radius 2 is 2.05 bits per heavy atom. The fraction of sp³-hybridized carbons (Fsp3) is 0.529. The number of hydrogen-bond acceptors (Lipinski definition) is 3. The molecule has 1 amide bonds. The zero-order valence-electron chi connectivity index (χ0n) is 12.8. The molecule has 1 aliphatic carbocycles. The van der Waals surface area contributed by atoms with E-state index in [-0.39, 0.29) is 11.8 Å². The fourth-order valence-corrected chi connectivity index (χ4v) is 3.38. The first kappa shape index (κ1) is 14.1. The largest absolute Gasteiger partial charge is 0.321 e. The fourth-order valence-electron chi connectivity index (χ4n) is 3.38. The van der Waals surface area contributed by atoms with E-state index in [9.17, 15) is 4.79 Å². The topological polar surface area (TPSA) is 53.5 Å². The normalized spacial score (nSPS) is 24.6. The van der Waals surface area contributed by atoms with Gasteiger partial charge in [-0.3, -0.25) is 4.79 Å². The van der Waals surface area contributed by atoms with Crippen LogP contribution in [-0.4, -0.2) is 17.7 Å². The Balaban J connectivity index is 1.73. The molecular formula is C17H23N3O. The highest BCUT2D eigenvalue weighted by atomic mass is 16.2. The van der Waals surface area contributed by atoms with Crippen molar-refractivity contribution in [3.63, 3.8) is 0 Å². The van der Waals surface area contributed by atoms with Crippen molar-refractivity contribution in [2.24, 2.45) is 11.0 Å². The Morgan fingerprint density at radius 1 is 1.24 bits per heavy atom.